The molecule has 3 unspecified atom stereocenters. The molecule has 0 saturated heterocycles. The molecule has 0 fully saturated rings. The van der Waals surface area contributed by atoms with E-state index < -0.39 is 97.5 Å². The molecule has 0 rings (SSSR count). The smallest absolute Gasteiger partial charge is 0.462 e. The molecule has 0 aliphatic heterocycles. The second-order valence-electron chi connectivity index (χ2n) is 26.9. The van der Waals surface area contributed by atoms with Crippen LogP contribution in [-0.2, 0) is 65.4 Å². The van der Waals surface area contributed by atoms with E-state index in [1.807, 2.05) is 0 Å². The first-order valence-corrected chi connectivity index (χ1v) is 42.0. The fraction of sp³-hybridized carbons (Fsp3) is 0.895. The predicted molar refractivity (Wildman–Crippen MR) is 386 cm³/mol. The van der Waals surface area contributed by atoms with E-state index in [0.29, 0.717) is 25.7 Å². The summed E-state index contributed by atoms with van der Waals surface area (Å²) in [5, 5.41) is 10.6. The normalized spacial score (nSPS) is 14.4. The van der Waals surface area contributed by atoms with Gasteiger partial charge in [0.05, 0.1) is 26.4 Å². The zero-order valence-electron chi connectivity index (χ0n) is 61.3. The van der Waals surface area contributed by atoms with Gasteiger partial charge in [0, 0.05) is 25.7 Å². The van der Waals surface area contributed by atoms with E-state index in [-0.39, 0.29) is 25.7 Å². The van der Waals surface area contributed by atoms with Gasteiger partial charge in [0.2, 0.25) is 0 Å². The molecule has 0 aliphatic carbocycles. The van der Waals surface area contributed by atoms with Crippen LogP contribution in [0.3, 0.4) is 0 Å². The lowest BCUT2D eigenvalue weighted by molar-refractivity contribution is -0.161. The quantitative estimate of drug-likeness (QED) is 0.0169. The van der Waals surface area contributed by atoms with Crippen LogP contribution in [-0.4, -0.2) is 96.7 Å². The maximum absolute atomic E-state index is 13.1. The number of hydrogen-bond acceptors (Lipinski definition) is 15. The van der Waals surface area contributed by atoms with Gasteiger partial charge in [-0.2, -0.15) is 0 Å². The number of allylic oxidation sites excluding steroid dienone is 4. The van der Waals surface area contributed by atoms with Crippen molar-refractivity contribution in [1.82, 2.24) is 0 Å². The summed E-state index contributed by atoms with van der Waals surface area (Å²) in [5.41, 5.74) is 0. The molecule has 0 aromatic heterocycles. The molecule has 6 atom stereocenters. The van der Waals surface area contributed by atoms with Gasteiger partial charge in [0.15, 0.2) is 12.2 Å². The molecule has 0 spiro atoms. The number of carbonyl (C=O) groups excluding carboxylic acids is 4. The van der Waals surface area contributed by atoms with Gasteiger partial charge in [0.25, 0.3) is 0 Å². The van der Waals surface area contributed by atoms with Crippen LogP contribution in [0, 0.1) is 5.92 Å². The van der Waals surface area contributed by atoms with E-state index in [0.717, 1.165) is 115 Å². The number of carbonyl (C=O) groups is 4. The molecule has 0 heterocycles. The second kappa shape index (κ2) is 68.7. The number of phosphoric ester groups is 2. The van der Waals surface area contributed by atoms with Crippen molar-refractivity contribution >= 4 is 39.5 Å². The van der Waals surface area contributed by atoms with Gasteiger partial charge in [0.1, 0.15) is 19.3 Å². The first-order valence-electron chi connectivity index (χ1n) is 39.0. The molecule has 0 aromatic carbocycles. The molecule has 0 aromatic rings. The Labute approximate surface area is 580 Å². The molecular weight excluding hydrogens is 1250 g/mol. The first-order chi connectivity index (χ1) is 46.1. The van der Waals surface area contributed by atoms with Crippen LogP contribution in [0.4, 0.5) is 0 Å². The Hall–Kier alpha value is -2.46. The molecule has 0 saturated carbocycles. The standard InChI is InChI=1S/C76H144O17P2/c1-6-10-13-16-19-22-25-27-29-31-33-35-41-46-51-56-61-75(80)92-72(66-87-74(79)60-55-50-45-40-34-32-30-28-26-23-20-17-14-11-7-2)68-91-95(84,85)89-64-70(77)63-88-94(82,83)90-67-71(65-86-73(78)59-54-49-44-39-24-21-18-15-12-8-3)93-76(81)62-57-52-47-42-37-36-38-43-48-53-58-69(5)9-4/h23,26,28,30,69-72,77H,6-22,24-25,27,29,31-68H2,1-5H3,(H,82,83)(H,84,85)/b26-23-,30-28-/t69?,70-,71+,72+/m0/s1. The molecule has 3 N–H and O–H groups in total. The third-order valence-corrected chi connectivity index (χ3v) is 19.4. The molecule has 95 heavy (non-hydrogen) atoms. The number of hydrogen-bond donors (Lipinski definition) is 3. The van der Waals surface area contributed by atoms with Crippen LogP contribution < -0.4 is 0 Å². The Morgan fingerprint density at radius 2 is 0.589 bits per heavy atom. The van der Waals surface area contributed by atoms with Crippen LogP contribution in [0.2, 0.25) is 0 Å². The summed E-state index contributed by atoms with van der Waals surface area (Å²) in [6.45, 7) is 7.25. The summed E-state index contributed by atoms with van der Waals surface area (Å²) in [6, 6.07) is 0. The SMILES string of the molecule is CCCCCC/C=C\C=C/CCCCCCCC(=O)OC[C@H](COP(=O)(O)OC[C@@H](O)COP(=O)(O)OC[C@@H](COC(=O)CCCCCCCCCCCC)OC(=O)CCCCCCCCCCCCC(C)CC)OC(=O)CCCCCCCCCCCCCCCCCC. The molecule has 17 nitrogen and oxygen atoms in total. The summed E-state index contributed by atoms with van der Waals surface area (Å²) >= 11 is 0. The van der Waals surface area contributed by atoms with Gasteiger partial charge in [-0.25, -0.2) is 9.13 Å². The van der Waals surface area contributed by atoms with Crippen molar-refractivity contribution in [2.45, 2.75) is 393 Å². The highest BCUT2D eigenvalue weighted by Gasteiger charge is 2.30. The van der Waals surface area contributed by atoms with Crippen molar-refractivity contribution in [2.24, 2.45) is 5.92 Å². The Morgan fingerprint density at radius 3 is 0.895 bits per heavy atom. The van der Waals surface area contributed by atoms with Gasteiger partial charge >= 0.3 is 39.5 Å². The van der Waals surface area contributed by atoms with Crippen LogP contribution in [0.1, 0.15) is 375 Å². The Bertz CT molecular complexity index is 1920. The number of ether oxygens (including phenoxy) is 4. The van der Waals surface area contributed by atoms with Crippen molar-refractivity contribution in [3.8, 4) is 0 Å². The van der Waals surface area contributed by atoms with Crippen molar-refractivity contribution in [3.63, 3.8) is 0 Å². The highest BCUT2D eigenvalue weighted by Crippen LogP contribution is 2.45. The fourth-order valence-corrected chi connectivity index (χ4v) is 12.7. The topological polar surface area (TPSA) is 237 Å². The van der Waals surface area contributed by atoms with E-state index >= 15 is 0 Å². The van der Waals surface area contributed by atoms with E-state index in [4.69, 9.17) is 37.0 Å². The lowest BCUT2D eigenvalue weighted by Crippen LogP contribution is -2.30. The van der Waals surface area contributed by atoms with E-state index in [1.165, 1.54) is 180 Å². The minimum Gasteiger partial charge on any atom is -0.462 e. The van der Waals surface area contributed by atoms with Gasteiger partial charge < -0.3 is 33.8 Å². The molecular formula is C76H144O17P2. The van der Waals surface area contributed by atoms with Gasteiger partial charge in [-0.3, -0.25) is 37.3 Å². The van der Waals surface area contributed by atoms with Crippen LogP contribution in [0.25, 0.3) is 0 Å². The highest BCUT2D eigenvalue weighted by atomic mass is 31.2. The monoisotopic (exact) mass is 1390 g/mol. The lowest BCUT2D eigenvalue weighted by atomic mass is 9.99. The van der Waals surface area contributed by atoms with Crippen LogP contribution in [0.5, 0.6) is 0 Å². The number of rotatable bonds is 74. The third kappa shape index (κ3) is 68.5. The van der Waals surface area contributed by atoms with Gasteiger partial charge in [-0.05, 0) is 57.3 Å². The Morgan fingerprint density at radius 1 is 0.337 bits per heavy atom. The summed E-state index contributed by atoms with van der Waals surface area (Å²) in [6.07, 6.45) is 60.2. The van der Waals surface area contributed by atoms with Crippen molar-refractivity contribution < 1.29 is 80.2 Å². The number of aliphatic hydroxyl groups is 1. The van der Waals surface area contributed by atoms with Gasteiger partial charge in [-0.15, -0.1) is 0 Å². The molecule has 0 radical (unpaired) electrons. The molecule has 0 bridgehead atoms. The van der Waals surface area contributed by atoms with Crippen LogP contribution >= 0.6 is 15.6 Å². The predicted octanol–water partition coefficient (Wildman–Crippen LogP) is 22.0. The first kappa shape index (κ1) is 92.5. The molecule has 0 amide bonds. The number of phosphoric acid groups is 2. The average molecular weight is 1390 g/mol. The summed E-state index contributed by atoms with van der Waals surface area (Å²) < 4.78 is 68.5. The highest BCUT2D eigenvalue weighted by molar-refractivity contribution is 7.47. The minimum atomic E-state index is -4.96. The maximum atomic E-state index is 13.1. The van der Waals surface area contributed by atoms with Crippen molar-refractivity contribution in [3.05, 3.63) is 24.3 Å². The van der Waals surface area contributed by atoms with Crippen LogP contribution in [0.15, 0.2) is 24.3 Å². The molecule has 19 heteroatoms. The summed E-state index contributed by atoms with van der Waals surface area (Å²) in [5.74, 6) is -1.34. The number of unbranched alkanes of at least 4 members (excludes halogenated alkanes) is 42. The third-order valence-electron chi connectivity index (χ3n) is 17.5. The van der Waals surface area contributed by atoms with E-state index in [1.54, 1.807) is 0 Å². The fourth-order valence-electron chi connectivity index (χ4n) is 11.1. The Kier molecular flexibility index (Phi) is 66.9. The second-order valence-corrected chi connectivity index (χ2v) is 29.9. The van der Waals surface area contributed by atoms with E-state index in [2.05, 4.69) is 58.9 Å². The zero-order chi connectivity index (χ0) is 69.8. The lowest BCUT2D eigenvalue weighted by Gasteiger charge is -2.21. The van der Waals surface area contributed by atoms with Gasteiger partial charge in [-0.1, -0.05) is 322 Å². The largest absolute Gasteiger partial charge is 0.472 e. The summed E-state index contributed by atoms with van der Waals surface area (Å²) in [4.78, 5) is 72.8. The molecule has 560 valence electrons. The van der Waals surface area contributed by atoms with E-state index in [9.17, 15) is 43.2 Å². The molecule has 0 aliphatic rings. The number of esters is 4. The van der Waals surface area contributed by atoms with Crippen molar-refractivity contribution in [2.75, 3.05) is 39.6 Å². The Balaban J connectivity index is 5.29. The number of aliphatic hydroxyl groups excluding tert-OH is 1. The van der Waals surface area contributed by atoms with Crippen molar-refractivity contribution in [1.29, 1.82) is 0 Å². The maximum Gasteiger partial charge on any atom is 0.472 e. The minimum absolute atomic E-state index is 0.102. The average Bonchev–Trinajstić information content (AvgIpc) is 1.39. The zero-order valence-corrected chi connectivity index (χ0v) is 63.1. The summed E-state index contributed by atoms with van der Waals surface area (Å²) in [7, 11) is -9.92.